The van der Waals surface area contributed by atoms with Gasteiger partial charge in [-0.2, -0.15) is 0 Å². The summed E-state index contributed by atoms with van der Waals surface area (Å²) < 4.78 is 10.6. The van der Waals surface area contributed by atoms with E-state index < -0.39 is 5.91 Å². The van der Waals surface area contributed by atoms with Crippen LogP contribution in [0.3, 0.4) is 0 Å². The number of benzene rings is 1. The van der Waals surface area contributed by atoms with Crippen LogP contribution >= 0.6 is 0 Å². The molecule has 0 fully saturated rings. The molecule has 2 N–H and O–H groups in total. The first-order chi connectivity index (χ1) is 10.2. The van der Waals surface area contributed by atoms with Gasteiger partial charge in [0.15, 0.2) is 6.61 Å². The maximum Gasteiger partial charge on any atom is 0.339 e. The van der Waals surface area contributed by atoms with Gasteiger partial charge in [0.05, 0.1) is 0 Å². The lowest BCUT2D eigenvalue weighted by Crippen LogP contribution is -2.25. The van der Waals surface area contributed by atoms with E-state index >= 15 is 0 Å². The smallest absolute Gasteiger partial charge is 0.339 e. The van der Waals surface area contributed by atoms with E-state index in [9.17, 15) is 9.59 Å². The summed E-state index contributed by atoms with van der Waals surface area (Å²) in [6, 6.07) is 5.16. The molecule has 1 aromatic heterocycles. The second kappa shape index (κ2) is 5.57. The fourth-order valence-electron chi connectivity index (χ4n) is 2.70. The predicted octanol–water partition coefficient (Wildman–Crippen LogP) is 1.56. The molecule has 0 spiro atoms. The Morgan fingerprint density at radius 2 is 2.05 bits per heavy atom. The molecule has 1 aliphatic carbocycles. The van der Waals surface area contributed by atoms with Crippen molar-refractivity contribution in [1.82, 2.24) is 5.48 Å². The highest BCUT2D eigenvalue weighted by Crippen LogP contribution is 2.28. The third kappa shape index (κ3) is 2.62. The largest absolute Gasteiger partial charge is 0.484 e. The highest BCUT2D eigenvalue weighted by molar-refractivity contribution is 5.83. The van der Waals surface area contributed by atoms with Crippen LogP contribution in [0.5, 0.6) is 5.75 Å². The summed E-state index contributed by atoms with van der Waals surface area (Å²) in [5.41, 5.74) is 3.50. The van der Waals surface area contributed by atoms with Crippen molar-refractivity contribution in [1.29, 1.82) is 0 Å². The first kappa shape index (κ1) is 13.6. The van der Waals surface area contributed by atoms with Gasteiger partial charge in [0.2, 0.25) is 0 Å². The van der Waals surface area contributed by atoms with Gasteiger partial charge in [-0.25, -0.2) is 10.3 Å². The molecule has 1 heterocycles. The second-order valence-electron chi connectivity index (χ2n) is 5.04. The van der Waals surface area contributed by atoms with E-state index in [0.29, 0.717) is 11.3 Å². The van der Waals surface area contributed by atoms with Crippen molar-refractivity contribution in [2.75, 3.05) is 6.61 Å². The lowest BCUT2D eigenvalue weighted by Gasteiger charge is -2.16. The van der Waals surface area contributed by atoms with E-state index in [-0.39, 0.29) is 12.2 Å². The summed E-state index contributed by atoms with van der Waals surface area (Å²) >= 11 is 0. The molecule has 0 atom stereocenters. The zero-order chi connectivity index (χ0) is 14.8. The normalized spacial score (nSPS) is 13.8. The Balaban J connectivity index is 1.99. The number of ether oxygens (including phenoxy) is 1. The topological polar surface area (TPSA) is 88.8 Å². The highest BCUT2D eigenvalue weighted by atomic mass is 16.5. The van der Waals surface area contributed by atoms with Crippen LogP contribution in [-0.2, 0) is 17.6 Å². The summed E-state index contributed by atoms with van der Waals surface area (Å²) in [7, 11) is 0. The van der Waals surface area contributed by atoms with E-state index in [4.69, 9.17) is 14.4 Å². The molecular weight excluding hydrogens is 274 g/mol. The van der Waals surface area contributed by atoms with Crippen molar-refractivity contribution in [3.05, 3.63) is 39.7 Å². The van der Waals surface area contributed by atoms with E-state index in [1.54, 1.807) is 12.1 Å². The van der Waals surface area contributed by atoms with E-state index in [1.165, 1.54) is 5.48 Å². The first-order valence-electron chi connectivity index (χ1n) is 6.83. The van der Waals surface area contributed by atoms with Gasteiger partial charge in [0.1, 0.15) is 11.3 Å². The molecule has 0 aliphatic heterocycles. The van der Waals surface area contributed by atoms with Crippen molar-refractivity contribution >= 4 is 16.9 Å². The van der Waals surface area contributed by atoms with Crippen LogP contribution in [0.15, 0.2) is 27.4 Å². The Morgan fingerprint density at radius 1 is 1.29 bits per heavy atom. The zero-order valence-corrected chi connectivity index (χ0v) is 11.3. The van der Waals surface area contributed by atoms with Crippen molar-refractivity contribution in [3.8, 4) is 5.75 Å². The van der Waals surface area contributed by atoms with Crippen molar-refractivity contribution in [3.63, 3.8) is 0 Å². The summed E-state index contributed by atoms with van der Waals surface area (Å²) in [5, 5.41) is 9.33. The summed E-state index contributed by atoms with van der Waals surface area (Å²) in [4.78, 5) is 22.9. The van der Waals surface area contributed by atoms with E-state index in [1.807, 2.05) is 6.07 Å². The van der Waals surface area contributed by atoms with Gasteiger partial charge >= 0.3 is 5.63 Å². The molecule has 0 saturated heterocycles. The monoisotopic (exact) mass is 289 g/mol. The number of nitrogens with one attached hydrogen (secondary N) is 1. The number of hydrogen-bond donors (Lipinski definition) is 2. The third-order valence-electron chi connectivity index (χ3n) is 3.69. The van der Waals surface area contributed by atoms with Crippen LogP contribution in [0.1, 0.15) is 24.0 Å². The van der Waals surface area contributed by atoms with Crippen LogP contribution in [0, 0.1) is 0 Å². The minimum Gasteiger partial charge on any atom is -0.484 e. The Labute approximate surface area is 120 Å². The van der Waals surface area contributed by atoms with Crippen LogP contribution < -0.4 is 15.8 Å². The number of carbonyl (C=O) groups is 1. The maximum absolute atomic E-state index is 12.0. The Bertz CT molecular complexity index is 750. The minimum atomic E-state index is -0.651. The van der Waals surface area contributed by atoms with Crippen molar-refractivity contribution < 1.29 is 19.2 Å². The highest BCUT2D eigenvalue weighted by Gasteiger charge is 2.18. The van der Waals surface area contributed by atoms with Gasteiger partial charge in [-0.1, -0.05) is 0 Å². The molecule has 6 heteroatoms. The average Bonchev–Trinajstić information content (AvgIpc) is 2.52. The molecule has 2 aromatic rings. The molecule has 6 nitrogen and oxygen atoms in total. The second-order valence-corrected chi connectivity index (χ2v) is 5.04. The van der Waals surface area contributed by atoms with Gasteiger partial charge < -0.3 is 9.15 Å². The predicted molar refractivity (Wildman–Crippen MR) is 74.6 cm³/mol. The molecule has 0 unspecified atom stereocenters. The number of rotatable bonds is 3. The number of hydrogen-bond acceptors (Lipinski definition) is 5. The Morgan fingerprint density at radius 3 is 2.81 bits per heavy atom. The lowest BCUT2D eigenvalue weighted by molar-refractivity contribution is -0.131. The fourth-order valence-corrected chi connectivity index (χ4v) is 2.70. The van der Waals surface area contributed by atoms with Crippen LogP contribution in [0.25, 0.3) is 11.0 Å². The molecule has 110 valence electrons. The zero-order valence-electron chi connectivity index (χ0n) is 11.3. The van der Waals surface area contributed by atoms with E-state index in [0.717, 1.165) is 42.2 Å². The van der Waals surface area contributed by atoms with Gasteiger partial charge in [-0.05, 0) is 43.4 Å². The summed E-state index contributed by atoms with van der Waals surface area (Å²) in [5.74, 6) is -0.244. The average molecular weight is 289 g/mol. The Kier molecular flexibility index (Phi) is 3.62. The molecule has 0 bridgehead atoms. The maximum atomic E-state index is 12.0. The number of carbonyl (C=O) groups excluding carboxylic acids is 1. The number of hydroxylamine groups is 1. The minimum absolute atomic E-state index is 0.289. The van der Waals surface area contributed by atoms with Gasteiger partial charge in [-0.3, -0.25) is 10.0 Å². The number of fused-ring (bicyclic) bond motifs is 3. The van der Waals surface area contributed by atoms with Gasteiger partial charge in [-0.15, -0.1) is 0 Å². The molecule has 0 saturated carbocycles. The molecule has 3 rings (SSSR count). The fraction of sp³-hybridized carbons (Fsp3) is 0.333. The van der Waals surface area contributed by atoms with Crippen molar-refractivity contribution in [2.45, 2.75) is 25.7 Å². The first-order valence-corrected chi connectivity index (χ1v) is 6.83. The third-order valence-corrected chi connectivity index (χ3v) is 3.69. The molecule has 0 radical (unpaired) electrons. The molecular formula is C15H15NO5. The Hall–Kier alpha value is -2.34. The quantitative estimate of drug-likeness (QED) is 0.508. The van der Waals surface area contributed by atoms with Crippen LogP contribution in [0.4, 0.5) is 0 Å². The lowest BCUT2D eigenvalue weighted by atomic mass is 9.91. The molecule has 1 aliphatic rings. The SMILES string of the molecule is O=C(COc1ccc2c3c(c(=O)oc2c1)CCCC3)NO. The van der Waals surface area contributed by atoms with Crippen molar-refractivity contribution in [2.24, 2.45) is 0 Å². The summed E-state index contributed by atoms with van der Waals surface area (Å²) in [6.45, 7) is -0.308. The standard InChI is InChI=1S/C15H15NO5/c17-14(16-19)8-20-9-5-6-11-10-3-1-2-4-12(10)15(18)21-13(11)7-9/h5-7,19H,1-4,8H2,(H,16,17). The van der Waals surface area contributed by atoms with Gasteiger partial charge in [0.25, 0.3) is 5.91 Å². The van der Waals surface area contributed by atoms with Crippen LogP contribution in [-0.4, -0.2) is 17.7 Å². The number of aryl methyl sites for hydroxylation is 1. The molecule has 1 aromatic carbocycles. The molecule has 1 amide bonds. The van der Waals surface area contributed by atoms with Gasteiger partial charge in [0, 0.05) is 17.0 Å². The van der Waals surface area contributed by atoms with Crippen LogP contribution in [0.2, 0.25) is 0 Å². The number of amides is 1. The summed E-state index contributed by atoms with van der Waals surface area (Å²) in [6.07, 6.45) is 3.73. The van der Waals surface area contributed by atoms with E-state index in [2.05, 4.69) is 0 Å². The molecule has 21 heavy (non-hydrogen) atoms.